The zero-order valence-corrected chi connectivity index (χ0v) is 10.9. The fraction of sp³-hybridized carbons (Fsp3) is 0.571. The van der Waals surface area contributed by atoms with Crippen LogP contribution in [0.5, 0.6) is 5.75 Å². The van der Waals surface area contributed by atoms with Gasteiger partial charge in [-0.1, -0.05) is 19.1 Å². The second-order valence-corrected chi connectivity index (χ2v) is 4.67. The van der Waals surface area contributed by atoms with E-state index in [0.717, 1.165) is 39.4 Å². The third-order valence-corrected chi connectivity index (χ3v) is 3.30. The van der Waals surface area contributed by atoms with Crippen LogP contribution in [0.2, 0.25) is 0 Å². The number of phenolic OH excluding ortho intramolecular Hbond substituents is 1. The van der Waals surface area contributed by atoms with Crippen molar-refractivity contribution < 1.29 is 9.84 Å². The number of phenols is 1. The van der Waals surface area contributed by atoms with E-state index in [1.54, 1.807) is 12.1 Å². The summed E-state index contributed by atoms with van der Waals surface area (Å²) >= 11 is 0. The van der Waals surface area contributed by atoms with Crippen molar-refractivity contribution in [2.45, 2.75) is 19.5 Å². The fourth-order valence-electron chi connectivity index (χ4n) is 2.23. The summed E-state index contributed by atoms with van der Waals surface area (Å²) in [6, 6.07) is 7.89. The molecule has 2 rings (SSSR count). The Hall–Kier alpha value is -1.10. The third kappa shape index (κ3) is 3.70. The average molecular weight is 250 g/mol. The highest BCUT2D eigenvalue weighted by molar-refractivity contribution is 5.25. The zero-order valence-electron chi connectivity index (χ0n) is 10.9. The van der Waals surface area contributed by atoms with Gasteiger partial charge in [0, 0.05) is 25.7 Å². The normalized spacial score (nSPS) is 21.1. The summed E-state index contributed by atoms with van der Waals surface area (Å²) in [6.07, 6.45) is 0. The van der Waals surface area contributed by atoms with E-state index in [9.17, 15) is 5.11 Å². The molecule has 1 aliphatic rings. The molecular weight excluding hydrogens is 228 g/mol. The number of ether oxygens (including phenoxy) is 1. The molecule has 2 N–H and O–H groups in total. The summed E-state index contributed by atoms with van der Waals surface area (Å²) in [7, 11) is 0. The lowest BCUT2D eigenvalue weighted by Crippen LogP contribution is -2.49. The van der Waals surface area contributed by atoms with Crippen molar-refractivity contribution in [3.8, 4) is 5.75 Å². The van der Waals surface area contributed by atoms with Gasteiger partial charge < -0.3 is 15.2 Å². The first-order chi connectivity index (χ1) is 8.79. The van der Waals surface area contributed by atoms with E-state index in [1.165, 1.54) is 5.56 Å². The number of aromatic hydroxyl groups is 1. The second kappa shape index (κ2) is 6.73. The highest BCUT2D eigenvalue weighted by Crippen LogP contribution is 2.15. The molecule has 1 aromatic rings. The van der Waals surface area contributed by atoms with Crippen molar-refractivity contribution in [3.05, 3.63) is 29.8 Å². The largest absolute Gasteiger partial charge is 0.508 e. The molecule has 18 heavy (non-hydrogen) atoms. The van der Waals surface area contributed by atoms with Crippen molar-refractivity contribution in [2.24, 2.45) is 0 Å². The van der Waals surface area contributed by atoms with Crippen LogP contribution in [0.3, 0.4) is 0 Å². The van der Waals surface area contributed by atoms with E-state index in [1.807, 2.05) is 12.1 Å². The summed E-state index contributed by atoms with van der Waals surface area (Å²) in [5, 5.41) is 12.7. The Morgan fingerprint density at radius 3 is 2.89 bits per heavy atom. The zero-order chi connectivity index (χ0) is 12.8. The number of hydrogen-bond donors (Lipinski definition) is 2. The number of nitrogens with zero attached hydrogens (tertiary/aromatic N) is 1. The Morgan fingerprint density at radius 1 is 1.39 bits per heavy atom. The second-order valence-electron chi connectivity index (χ2n) is 4.67. The SMILES string of the molecule is CCNCC1COCCN1Cc1ccc(O)cc1. The molecule has 0 aromatic heterocycles. The van der Waals surface area contributed by atoms with Crippen LogP contribution in [0.4, 0.5) is 0 Å². The number of nitrogens with one attached hydrogen (secondary N) is 1. The summed E-state index contributed by atoms with van der Waals surface area (Å²) < 4.78 is 5.54. The molecule has 100 valence electrons. The molecular formula is C14H22N2O2. The van der Waals surface area contributed by atoms with E-state index >= 15 is 0 Å². The fourth-order valence-corrected chi connectivity index (χ4v) is 2.23. The molecule has 1 fully saturated rings. The molecule has 1 unspecified atom stereocenters. The van der Waals surface area contributed by atoms with E-state index in [-0.39, 0.29) is 0 Å². The maximum absolute atomic E-state index is 9.29. The minimum atomic E-state index is 0.324. The molecule has 1 aromatic carbocycles. The van der Waals surface area contributed by atoms with Crippen molar-refractivity contribution in [1.29, 1.82) is 0 Å². The Kier molecular flexibility index (Phi) is 4.99. The Bertz CT molecular complexity index is 353. The molecule has 0 amide bonds. The molecule has 4 nitrogen and oxygen atoms in total. The lowest BCUT2D eigenvalue weighted by molar-refractivity contribution is -0.0107. The van der Waals surface area contributed by atoms with E-state index in [0.29, 0.717) is 11.8 Å². The number of morpholine rings is 1. The van der Waals surface area contributed by atoms with E-state index in [4.69, 9.17) is 4.74 Å². The first kappa shape index (κ1) is 13.3. The van der Waals surface area contributed by atoms with Crippen LogP contribution in [-0.4, -0.2) is 48.9 Å². The third-order valence-electron chi connectivity index (χ3n) is 3.30. The monoisotopic (exact) mass is 250 g/mol. The van der Waals surface area contributed by atoms with Gasteiger partial charge in [-0.15, -0.1) is 0 Å². The van der Waals surface area contributed by atoms with Gasteiger partial charge in [0.1, 0.15) is 5.75 Å². The Labute approximate surface area is 109 Å². The van der Waals surface area contributed by atoms with Gasteiger partial charge in [-0.25, -0.2) is 0 Å². The first-order valence-electron chi connectivity index (χ1n) is 6.60. The van der Waals surface area contributed by atoms with Gasteiger partial charge in [0.25, 0.3) is 0 Å². The van der Waals surface area contributed by atoms with Crippen molar-refractivity contribution in [1.82, 2.24) is 10.2 Å². The Morgan fingerprint density at radius 2 is 2.17 bits per heavy atom. The summed E-state index contributed by atoms with van der Waals surface area (Å²) in [5.74, 6) is 0.324. The maximum atomic E-state index is 9.29. The van der Waals surface area contributed by atoms with Gasteiger partial charge in [0.15, 0.2) is 0 Å². The standard InChI is InChI=1S/C14H22N2O2/c1-2-15-9-13-11-18-8-7-16(13)10-12-3-5-14(17)6-4-12/h3-6,13,15,17H,2,7-11H2,1H3. The first-order valence-corrected chi connectivity index (χ1v) is 6.60. The highest BCUT2D eigenvalue weighted by Gasteiger charge is 2.22. The minimum absolute atomic E-state index is 0.324. The molecule has 0 aliphatic carbocycles. The van der Waals surface area contributed by atoms with Crippen LogP contribution in [0.1, 0.15) is 12.5 Å². The lowest BCUT2D eigenvalue weighted by Gasteiger charge is -2.35. The predicted octanol–water partition coefficient (Wildman–Crippen LogP) is 1.20. The van der Waals surface area contributed by atoms with Gasteiger partial charge >= 0.3 is 0 Å². The number of benzene rings is 1. The summed E-state index contributed by atoms with van der Waals surface area (Å²) in [4.78, 5) is 2.44. The molecule has 4 heteroatoms. The quantitative estimate of drug-likeness (QED) is 0.824. The lowest BCUT2D eigenvalue weighted by atomic mass is 10.1. The van der Waals surface area contributed by atoms with Crippen LogP contribution in [0.25, 0.3) is 0 Å². The van der Waals surface area contributed by atoms with Gasteiger partial charge in [0.2, 0.25) is 0 Å². The molecule has 0 saturated carbocycles. The predicted molar refractivity (Wildman–Crippen MR) is 71.7 cm³/mol. The number of likely N-dealkylation sites (N-methyl/N-ethyl adjacent to an activating group) is 1. The minimum Gasteiger partial charge on any atom is -0.508 e. The molecule has 0 bridgehead atoms. The van der Waals surface area contributed by atoms with Crippen molar-refractivity contribution in [3.63, 3.8) is 0 Å². The van der Waals surface area contributed by atoms with Crippen LogP contribution >= 0.6 is 0 Å². The van der Waals surface area contributed by atoms with Crippen LogP contribution in [0, 0.1) is 0 Å². The van der Waals surface area contributed by atoms with E-state index in [2.05, 4.69) is 17.1 Å². The van der Waals surface area contributed by atoms with Crippen LogP contribution in [0.15, 0.2) is 24.3 Å². The van der Waals surface area contributed by atoms with Gasteiger partial charge in [-0.2, -0.15) is 0 Å². The molecule has 1 atom stereocenters. The molecule has 1 heterocycles. The molecule has 0 spiro atoms. The molecule has 0 radical (unpaired) electrons. The number of rotatable bonds is 5. The summed E-state index contributed by atoms with van der Waals surface area (Å²) in [5.41, 5.74) is 1.23. The van der Waals surface area contributed by atoms with Crippen molar-refractivity contribution in [2.75, 3.05) is 32.8 Å². The average Bonchev–Trinajstić information content (AvgIpc) is 2.40. The smallest absolute Gasteiger partial charge is 0.115 e. The van der Waals surface area contributed by atoms with Crippen molar-refractivity contribution >= 4 is 0 Å². The molecule has 1 saturated heterocycles. The topological polar surface area (TPSA) is 44.7 Å². The van der Waals surface area contributed by atoms with Gasteiger partial charge in [-0.3, -0.25) is 4.90 Å². The van der Waals surface area contributed by atoms with E-state index < -0.39 is 0 Å². The van der Waals surface area contributed by atoms with Gasteiger partial charge in [0.05, 0.1) is 13.2 Å². The Balaban J connectivity index is 1.94. The highest BCUT2D eigenvalue weighted by atomic mass is 16.5. The maximum Gasteiger partial charge on any atom is 0.115 e. The molecule has 1 aliphatic heterocycles. The van der Waals surface area contributed by atoms with Crippen LogP contribution < -0.4 is 5.32 Å². The van der Waals surface area contributed by atoms with Crippen LogP contribution in [-0.2, 0) is 11.3 Å². The van der Waals surface area contributed by atoms with Gasteiger partial charge in [-0.05, 0) is 24.2 Å². The number of hydrogen-bond acceptors (Lipinski definition) is 4. The summed E-state index contributed by atoms with van der Waals surface area (Å²) in [6.45, 7) is 7.56.